The third-order valence-corrected chi connectivity index (χ3v) is 3.30. The highest BCUT2D eigenvalue weighted by molar-refractivity contribution is 5.81. The lowest BCUT2D eigenvalue weighted by atomic mass is 10.1. The van der Waals surface area contributed by atoms with E-state index in [-0.39, 0.29) is 13.2 Å². The molecular formula is C18H17NO3. The monoisotopic (exact) mass is 295 g/mol. The Morgan fingerprint density at radius 3 is 2.45 bits per heavy atom. The summed E-state index contributed by atoms with van der Waals surface area (Å²) >= 11 is 0. The SMILES string of the molecule is OCCOc1ccccc1OCc1cccc2cccnc12. The lowest BCUT2D eigenvalue weighted by Gasteiger charge is -2.12. The molecule has 4 heteroatoms. The number of benzene rings is 2. The van der Waals surface area contributed by atoms with Crippen LogP contribution in [0.1, 0.15) is 5.56 Å². The summed E-state index contributed by atoms with van der Waals surface area (Å²) in [6, 6.07) is 17.4. The van der Waals surface area contributed by atoms with Crippen molar-refractivity contribution in [1.82, 2.24) is 4.98 Å². The van der Waals surface area contributed by atoms with Crippen molar-refractivity contribution < 1.29 is 14.6 Å². The molecule has 0 aliphatic rings. The van der Waals surface area contributed by atoms with Crippen LogP contribution in [0.25, 0.3) is 10.9 Å². The molecule has 0 fully saturated rings. The lowest BCUT2D eigenvalue weighted by molar-refractivity contribution is 0.192. The summed E-state index contributed by atoms with van der Waals surface area (Å²) < 4.78 is 11.4. The molecule has 0 spiro atoms. The van der Waals surface area contributed by atoms with Crippen molar-refractivity contribution in [3.63, 3.8) is 0 Å². The van der Waals surface area contributed by atoms with Gasteiger partial charge in [-0.05, 0) is 18.2 Å². The Balaban J connectivity index is 1.80. The zero-order valence-corrected chi connectivity index (χ0v) is 12.1. The van der Waals surface area contributed by atoms with E-state index in [1.807, 2.05) is 54.6 Å². The number of hydrogen-bond donors (Lipinski definition) is 1. The largest absolute Gasteiger partial charge is 0.487 e. The van der Waals surface area contributed by atoms with Gasteiger partial charge in [-0.3, -0.25) is 4.98 Å². The number of hydrogen-bond acceptors (Lipinski definition) is 4. The predicted molar refractivity (Wildman–Crippen MR) is 85.1 cm³/mol. The van der Waals surface area contributed by atoms with Crippen LogP contribution in [-0.2, 0) is 6.61 Å². The van der Waals surface area contributed by atoms with E-state index in [2.05, 4.69) is 4.98 Å². The van der Waals surface area contributed by atoms with E-state index < -0.39 is 0 Å². The molecular weight excluding hydrogens is 278 g/mol. The number of ether oxygens (including phenoxy) is 2. The van der Waals surface area contributed by atoms with Crippen LogP contribution >= 0.6 is 0 Å². The first-order valence-electron chi connectivity index (χ1n) is 7.16. The second-order valence-electron chi connectivity index (χ2n) is 4.80. The van der Waals surface area contributed by atoms with Crippen LogP contribution in [0.2, 0.25) is 0 Å². The van der Waals surface area contributed by atoms with Gasteiger partial charge in [0.05, 0.1) is 12.1 Å². The molecule has 3 aromatic rings. The van der Waals surface area contributed by atoms with E-state index >= 15 is 0 Å². The molecule has 2 aromatic carbocycles. The highest BCUT2D eigenvalue weighted by Gasteiger charge is 2.06. The first-order chi connectivity index (χ1) is 10.9. The first-order valence-corrected chi connectivity index (χ1v) is 7.16. The number of aliphatic hydroxyl groups excluding tert-OH is 1. The van der Waals surface area contributed by atoms with Crippen LogP contribution in [0.3, 0.4) is 0 Å². The average Bonchev–Trinajstić information content (AvgIpc) is 2.59. The quantitative estimate of drug-likeness (QED) is 0.759. The number of aromatic nitrogens is 1. The molecule has 0 aliphatic carbocycles. The van der Waals surface area contributed by atoms with Crippen molar-refractivity contribution in [1.29, 1.82) is 0 Å². The van der Waals surface area contributed by atoms with Gasteiger partial charge in [0.1, 0.15) is 13.2 Å². The fourth-order valence-corrected chi connectivity index (χ4v) is 2.28. The van der Waals surface area contributed by atoms with Crippen molar-refractivity contribution >= 4 is 10.9 Å². The molecule has 1 N–H and O–H groups in total. The van der Waals surface area contributed by atoms with E-state index in [1.165, 1.54) is 0 Å². The van der Waals surface area contributed by atoms with Crippen LogP contribution < -0.4 is 9.47 Å². The molecule has 0 atom stereocenters. The molecule has 22 heavy (non-hydrogen) atoms. The van der Waals surface area contributed by atoms with Crippen molar-refractivity contribution in [2.45, 2.75) is 6.61 Å². The number of para-hydroxylation sites is 3. The molecule has 0 radical (unpaired) electrons. The Kier molecular flexibility index (Phi) is 4.51. The van der Waals surface area contributed by atoms with Gasteiger partial charge >= 0.3 is 0 Å². The molecule has 0 saturated carbocycles. The van der Waals surface area contributed by atoms with Crippen LogP contribution in [0.15, 0.2) is 60.8 Å². The first kappa shape index (κ1) is 14.4. The zero-order chi connectivity index (χ0) is 15.2. The summed E-state index contributed by atoms with van der Waals surface area (Å²) in [6.45, 7) is 0.631. The van der Waals surface area contributed by atoms with Crippen molar-refractivity contribution in [3.05, 3.63) is 66.4 Å². The summed E-state index contributed by atoms with van der Waals surface area (Å²) in [7, 11) is 0. The van der Waals surface area contributed by atoms with Gasteiger partial charge in [0, 0.05) is 17.1 Å². The van der Waals surface area contributed by atoms with Gasteiger partial charge in [0.15, 0.2) is 11.5 Å². The highest BCUT2D eigenvalue weighted by atomic mass is 16.5. The number of fused-ring (bicyclic) bond motifs is 1. The van der Waals surface area contributed by atoms with E-state index in [4.69, 9.17) is 14.6 Å². The van der Waals surface area contributed by atoms with Crippen LogP contribution in [0, 0.1) is 0 Å². The standard InChI is InChI=1S/C18H17NO3/c20-11-12-21-16-8-1-2-9-17(16)22-13-15-6-3-5-14-7-4-10-19-18(14)15/h1-10,20H,11-13H2. The summed E-state index contributed by atoms with van der Waals surface area (Å²) in [6.07, 6.45) is 1.78. The predicted octanol–water partition coefficient (Wildman–Crippen LogP) is 3.18. The number of nitrogens with zero attached hydrogens (tertiary/aromatic N) is 1. The van der Waals surface area contributed by atoms with Gasteiger partial charge in [-0.15, -0.1) is 0 Å². The molecule has 0 unspecified atom stereocenters. The van der Waals surface area contributed by atoms with Crippen LogP contribution in [0.5, 0.6) is 11.5 Å². The molecule has 0 bridgehead atoms. The Morgan fingerprint density at radius 1 is 0.864 bits per heavy atom. The summed E-state index contributed by atoms with van der Waals surface area (Å²) in [5.74, 6) is 1.29. The normalized spacial score (nSPS) is 10.6. The van der Waals surface area contributed by atoms with E-state index in [1.54, 1.807) is 6.20 Å². The van der Waals surface area contributed by atoms with Crippen LogP contribution in [0.4, 0.5) is 0 Å². The fourth-order valence-electron chi connectivity index (χ4n) is 2.28. The third-order valence-electron chi connectivity index (χ3n) is 3.30. The van der Waals surface area contributed by atoms with Crippen molar-refractivity contribution in [2.24, 2.45) is 0 Å². The maximum absolute atomic E-state index is 8.87. The second kappa shape index (κ2) is 6.91. The molecule has 3 rings (SSSR count). The minimum absolute atomic E-state index is 0.0262. The number of rotatable bonds is 6. The van der Waals surface area contributed by atoms with Crippen LogP contribution in [-0.4, -0.2) is 23.3 Å². The molecule has 1 aromatic heterocycles. The zero-order valence-electron chi connectivity index (χ0n) is 12.1. The van der Waals surface area contributed by atoms with Gasteiger partial charge in [0.2, 0.25) is 0 Å². The number of aliphatic hydroxyl groups is 1. The molecule has 0 aliphatic heterocycles. The number of pyridine rings is 1. The Hall–Kier alpha value is -2.59. The minimum atomic E-state index is -0.0262. The van der Waals surface area contributed by atoms with Crippen molar-refractivity contribution in [2.75, 3.05) is 13.2 Å². The lowest BCUT2D eigenvalue weighted by Crippen LogP contribution is -2.04. The third kappa shape index (κ3) is 3.18. The Morgan fingerprint density at radius 2 is 1.64 bits per heavy atom. The average molecular weight is 295 g/mol. The minimum Gasteiger partial charge on any atom is -0.487 e. The van der Waals surface area contributed by atoms with Gasteiger partial charge < -0.3 is 14.6 Å². The molecule has 112 valence electrons. The maximum Gasteiger partial charge on any atom is 0.161 e. The molecule has 1 heterocycles. The van der Waals surface area contributed by atoms with Gasteiger partial charge in [-0.1, -0.05) is 36.4 Å². The summed E-state index contributed by atoms with van der Waals surface area (Å²) in [4.78, 5) is 4.42. The molecule has 4 nitrogen and oxygen atoms in total. The van der Waals surface area contributed by atoms with E-state index in [9.17, 15) is 0 Å². The molecule has 0 saturated heterocycles. The Labute approximate surface area is 129 Å². The topological polar surface area (TPSA) is 51.6 Å². The van der Waals surface area contributed by atoms with Crippen molar-refractivity contribution in [3.8, 4) is 11.5 Å². The second-order valence-corrected chi connectivity index (χ2v) is 4.80. The fraction of sp³-hybridized carbons (Fsp3) is 0.167. The van der Waals surface area contributed by atoms with Gasteiger partial charge in [-0.2, -0.15) is 0 Å². The molecule has 0 amide bonds. The Bertz CT molecular complexity index is 753. The maximum atomic E-state index is 8.87. The summed E-state index contributed by atoms with van der Waals surface area (Å²) in [5.41, 5.74) is 1.97. The van der Waals surface area contributed by atoms with E-state index in [0.717, 1.165) is 16.5 Å². The smallest absolute Gasteiger partial charge is 0.161 e. The van der Waals surface area contributed by atoms with Gasteiger partial charge in [0.25, 0.3) is 0 Å². The highest BCUT2D eigenvalue weighted by Crippen LogP contribution is 2.28. The van der Waals surface area contributed by atoms with E-state index in [0.29, 0.717) is 18.1 Å². The summed E-state index contributed by atoms with van der Waals surface area (Å²) in [5, 5.41) is 9.96. The van der Waals surface area contributed by atoms with Gasteiger partial charge in [-0.25, -0.2) is 0 Å².